The highest BCUT2D eigenvalue weighted by atomic mass is 35.5. The van der Waals surface area contributed by atoms with E-state index < -0.39 is 0 Å². The Morgan fingerprint density at radius 3 is 2.71 bits per heavy atom. The Kier molecular flexibility index (Phi) is 6.98. The molecule has 0 bridgehead atoms. The number of halogens is 1. The van der Waals surface area contributed by atoms with Gasteiger partial charge < -0.3 is 9.73 Å². The van der Waals surface area contributed by atoms with Crippen molar-refractivity contribution in [1.29, 1.82) is 0 Å². The third-order valence-electron chi connectivity index (χ3n) is 5.12. The van der Waals surface area contributed by atoms with Gasteiger partial charge in [0, 0.05) is 28.2 Å². The number of amides is 1. The molecule has 3 aromatic heterocycles. The van der Waals surface area contributed by atoms with Crippen molar-refractivity contribution in [3.63, 3.8) is 0 Å². The molecular formula is C25H20ClN5O2S2. The number of benzene rings is 2. The molecule has 10 heteroatoms. The number of furan rings is 1. The number of thioether (sulfide) groups is 1. The summed E-state index contributed by atoms with van der Waals surface area (Å²) >= 11 is 8.99. The number of thiazole rings is 1. The largest absolute Gasteiger partial charge is 0.461 e. The van der Waals surface area contributed by atoms with E-state index >= 15 is 0 Å². The molecule has 176 valence electrons. The third-order valence-corrected chi connectivity index (χ3v) is 7.33. The van der Waals surface area contributed by atoms with Crippen molar-refractivity contribution in [1.82, 2.24) is 19.7 Å². The van der Waals surface area contributed by atoms with E-state index in [2.05, 4.69) is 20.5 Å². The fraction of sp³-hybridized carbons (Fsp3) is 0.120. The molecule has 1 N–H and O–H groups in total. The zero-order valence-corrected chi connectivity index (χ0v) is 21.0. The Labute approximate surface area is 215 Å². The molecule has 5 rings (SSSR count). The normalized spacial score (nSPS) is 11.0. The Bertz CT molecular complexity index is 1450. The molecule has 3 heterocycles. The first-order valence-corrected chi connectivity index (χ1v) is 12.9. The first-order valence-electron chi connectivity index (χ1n) is 10.7. The van der Waals surface area contributed by atoms with Gasteiger partial charge >= 0.3 is 0 Å². The van der Waals surface area contributed by atoms with Crippen molar-refractivity contribution in [2.75, 3.05) is 11.1 Å². The van der Waals surface area contributed by atoms with Crippen LogP contribution in [0.4, 0.5) is 5.13 Å². The highest BCUT2D eigenvalue weighted by Gasteiger charge is 2.19. The number of nitrogens with zero attached hydrogens (tertiary/aromatic N) is 4. The predicted octanol–water partition coefficient (Wildman–Crippen LogP) is 6.27. The van der Waals surface area contributed by atoms with Gasteiger partial charge in [0.2, 0.25) is 11.7 Å². The second-order valence-corrected chi connectivity index (χ2v) is 10.2. The van der Waals surface area contributed by atoms with Gasteiger partial charge in [0.1, 0.15) is 0 Å². The van der Waals surface area contributed by atoms with Crippen LogP contribution in [0.5, 0.6) is 0 Å². The number of aryl methyl sites for hydroxylation is 1. The Morgan fingerprint density at radius 2 is 1.94 bits per heavy atom. The van der Waals surface area contributed by atoms with Crippen molar-refractivity contribution in [3.8, 4) is 17.3 Å². The number of hydrogen-bond donors (Lipinski definition) is 1. The van der Waals surface area contributed by atoms with E-state index in [0.717, 1.165) is 26.7 Å². The van der Waals surface area contributed by atoms with E-state index in [1.54, 1.807) is 18.5 Å². The lowest BCUT2D eigenvalue weighted by molar-refractivity contribution is -0.113. The molecule has 0 spiro atoms. The zero-order chi connectivity index (χ0) is 24.2. The quantitative estimate of drug-likeness (QED) is 0.242. The fourth-order valence-electron chi connectivity index (χ4n) is 3.42. The van der Waals surface area contributed by atoms with Crippen LogP contribution in [0.15, 0.2) is 82.7 Å². The number of aromatic nitrogens is 4. The van der Waals surface area contributed by atoms with E-state index in [1.807, 2.05) is 66.1 Å². The van der Waals surface area contributed by atoms with Crippen LogP contribution < -0.4 is 5.32 Å². The Balaban J connectivity index is 1.28. The monoisotopic (exact) mass is 521 g/mol. The summed E-state index contributed by atoms with van der Waals surface area (Å²) in [5.74, 6) is 1.16. The molecule has 7 nitrogen and oxygen atoms in total. The van der Waals surface area contributed by atoms with Gasteiger partial charge in [0.25, 0.3) is 0 Å². The molecule has 0 atom stereocenters. The van der Waals surface area contributed by atoms with Gasteiger partial charge in [-0.2, -0.15) is 0 Å². The average Bonchev–Trinajstić information content (AvgIpc) is 3.61. The van der Waals surface area contributed by atoms with Crippen molar-refractivity contribution < 1.29 is 9.21 Å². The summed E-state index contributed by atoms with van der Waals surface area (Å²) in [5.41, 5.74) is 3.06. The lowest BCUT2D eigenvalue weighted by atomic mass is 10.1. The molecule has 0 aliphatic carbocycles. The summed E-state index contributed by atoms with van der Waals surface area (Å²) in [5, 5.41) is 13.4. The van der Waals surface area contributed by atoms with Crippen LogP contribution in [0.25, 0.3) is 17.3 Å². The van der Waals surface area contributed by atoms with Crippen LogP contribution in [0.3, 0.4) is 0 Å². The minimum absolute atomic E-state index is 0.154. The van der Waals surface area contributed by atoms with Gasteiger partial charge in [0.15, 0.2) is 16.0 Å². The minimum Gasteiger partial charge on any atom is -0.461 e. The lowest BCUT2D eigenvalue weighted by Crippen LogP contribution is -2.14. The predicted molar refractivity (Wildman–Crippen MR) is 140 cm³/mol. The van der Waals surface area contributed by atoms with Gasteiger partial charge in [0.05, 0.1) is 12.0 Å². The first kappa shape index (κ1) is 23.3. The van der Waals surface area contributed by atoms with Gasteiger partial charge in [-0.15, -0.1) is 21.5 Å². The molecule has 2 aromatic carbocycles. The molecule has 0 saturated heterocycles. The first-order chi connectivity index (χ1) is 17.1. The molecular weight excluding hydrogens is 502 g/mol. The summed E-state index contributed by atoms with van der Waals surface area (Å²) < 4.78 is 7.44. The molecule has 0 aliphatic heterocycles. The highest BCUT2D eigenvalue weighted by molar-refractivity contribution is 7.99. The van der Waals surface area contributed by atoms with Crippen LogP contribution in [-0.2, 0) is 11.2 Å². The van der Waals surface area contributed by atoms with Gasteiger partial charge in [-0.3, -0.25) is 9.36 Å². The summed E-state index contributed by atoms with van der Waals surface area (Å²) in [7, 11) is 0. The SMILES string of the molecule is Cc1ccc(-n2c(SCC(=O)Nc3ncc(Cc4ccccc4Cl)s3)nnc2-c2ccco2)cc1. The molecule has 0 aliphatic rings. The number of hydrogen-bond acceptors (Lipinski definition) is 7. The summed E-state index contributed by atoms with van der Waals surface area (Å²) in [4.78, 5) is 18.0. The number of carbonyl (C=O) groups excluding carboxylic acids is 1. The van der Waals surface area contributed by atoms with Crippen molar-refractivity contribution in [2.45, 2.75) is 18.5 Å². The van der Waals surface area contributed by atoms with E-state index in [0.29, 0.717) is 28.3 Å². The molecule has 5 aromatic rings. The molecule has 35 heavy (non-hydrogen) atoms. The maximum Gasteiger partial charge on any atom is 0.236 e. The fourth-order valence-corrected chi connectivity index (χ4v) is 5.22. The van der Waals surface area contributed by atoms with Crippen molar-refractivity contribution >= 4 is 45.7 Å². The molecule has 0 fully saturated rings. The topological polar surface area (TPSA) is 85.8 Å². The van der Waals surface area contributed by atoms with Crippen LogP contribution in [0.1, 0.15) is 16.0 Å². The summed E-state index contributed by atoms with van der Waals surface area (Å²) in [6.45, 7) is 2.03. The van der Waals surface area contributed by atoms with Crippen LogP contribution in [0, 0.1) is 6.92 Å². The maximum atomic E-state index is 12.7. The van der Waals surface area contributed by atoms with E-state index in [-0.39, 0.29) is 11.7 Å². The second-order valence-electron chi connectivity index (χ2n) is 7.69. The third kappa shape index (κ3) is 5.48. The van der Waals surface area contributed by atoms with Crippen LogP contribution in [-0.4, -0.2) is 31.4 Å². The van der Waals surface area contributed by atoms with E-state index in [4.69, 9.17) is 16.0 Å². The summed E-state index contributed by atoms with van der Waals surface area (Å²) in [6.07, 6.45) is 4.02. The maximum absolute atomic E-state index is 12.7. The molecule has 1 amide bonds. The number of nitrogens with one attached hydrogen (secondary N) is 1. The molecule has 0 radical (unpaired) electrons. The van der Waals surface area contributed by atoms with Gasteiger partial charge in [-0.05, 0) is 42.8 Å². The highest BCUT2D eigenvalue weighted by Crippen LogP contribution is 2.29. The van der Waals surface area contributed by atoms with E-state index in [1.165, 1.54) is 23.1 Å². The summed E-state index contributed by atoms with van der Waals surface area (Å²) in [6, 6.07) is 19.4. The number of carbonyl (C=O) groups is 1. The Hall–Kier alpha value is -3.40. The van der Waals surface area contributed by atoms with Crippen molar-refractivity contribution in [3.05, 3.63) is 94.2 Å². The lowest BCUT2D eigenvalue weighted by Gasteiger charge is -2.09. The number of rotatable bonds is 8. The van der Waals surface area contributed by atoms with Gasteiger partial charge in [-0.25, -0.2) is 4.98 Å². The van der Waals surface area contributed by atoms with Crippen LogP contribution >= 0.6 is 34.7 Å². The molecule has 0 unspecified atom stereocenters. The van der Waals surface area contributed by atoms with Crippen LogP contribution in [0.2, 0.25) is 5.02 Å². The average molecular weight is 522 g/mol. The standard InChI is InChI=1S/C25H20ClN5O2S2/c1-16-8-10-18(11-9-16)31-23(21-7-4-12-33-21)29-30-25(31)34-15-22(32)28-24-27-14-19(35-24)13-17-5-2-3-6-20(17)26/h2-12,14H,13,15H2,1H3,(H,27,28,32). The van der Waals surface area contributed by atoms with Crippen molar-refractivity contribution in [2.24, 2.45) is 0 Å². The van der Waals surface area contributed by atoms with E-state index in [9.17, 15) is 4.79 Å². The molecule has 0 saturated carbocycles. The van der Waals surface area contributed by atoms with Gasteiger partial charge in [-0.1, -0.05) is 59.3 Å². The Morgan fingerprint density at radius 1 is 1.11 bits per heavy atom. The number of anilines is 1. The zero-order valence-electron chi connectivity index (χ0n) is 18.6. The minimum atomic E-state index is -0.174. The smallest absolute Gasteiger partial charge is 0.236 e. The second kappa shape index (κ2) is 10.5.